The molecule has 1 aromatic carbocycles. The maximum Gasteiger partial charge on any atom is 0.227 e. The van der Waals surface area contributed by atoms with Gasteiger partial charge in [0.1, 0.15) is 0 Å². The summed E-state index contributed by atoms with van der Waals surface area (Å²) in [7, 11) is 0. The van der Waals surface area contributed by atoms with Crippen LogP contribution in [-0.4, -0.2) is 24.9 Å². The largest absolute Gasteiger partial charge is 0.355 e. The maximum absolute atomic E-state index is 12.4. The van der Waals surface area contributed by atoms with Gasteiger partial charge in [-0.25, -0.2) is 0 Å². The van der Waals surface area contributed by atoms with Crippen molar-refractivity contribution in [2.45, 2.75) is 45.4 Å². The van der Waals surface area contributed by atoms with Gasteiger partial charge in [-0.1, -0.05) is 29.3 Å². The predicted molar refractivity (Wildman–Crippen MR) is 95.8 cm³/mol. The number of amides is 2. The van der Waals surface area contributed by atoms with Crippen LogP contribution in [0.2, 0.25) is 0 Å². The molecule has 1 N–H and O–H groups in total. The maximum atomic E-state index is 12.4. The summed E-state index contributed by atoms with van der Waals surface area (Å²) in [4.78, 5) is 26.3. The average Bonchev–Trinajstić information content (AvgIpc) is 2.98. The lowest BCUT2D eigenvalue weighted by molar-refractivity contribution is -0.126. The molecule has 1 aliphatic heterocycles. The molecule has 1 heterocycles. The van der Waals surface area contributed by atoms with Crippen molar-refractivity contribution in [1.82, 2.24) is 5.32 Å². The fourth-order valence-corrected chi connectivity index (χ4v) is 3.48. The highest BCUT2D eigenvalue weighted by molar-refractivity contribution is 6.00. The Labute approximate surface area is 143 Å². The van der Waals surface area contributed by atoms with Gasteiger partial charge >= 0.3 is 0 Å². The number of carbonyl (C=O) groups excluding carboxylic acids is 2. The van der Waals surface area contributed by atoms with E-state index in [0.717, 1.165) is 17.7 Å². The lowest BCUT2D eigenvalue weighted by Crippen LogP contribution is -2.33. The molecule has 1 saturated heterocycles. The minimum Gasteiger partial charge on any atom is -0.355 e. The molecule has 4 nitrogen and oxygen atoms in total. The molecule has 0 bridgehead atoms. The molecular weight excluding hydrogens is 300 g/mol. The molecule has 0 saturated carbocycles. The van der Waals surface area contributed by atoms with E-state index in [0.29, 0.717) is 19.5 Å². The van der Waals surface area contributed by atoms with E-state index in [-0.39, 0.29) is 17.7 Å². The van der Waals surface area contributed by atoms with E-state index < -0.39 is 0 Å². The normalized spacial score (nSPS) is 20.9. The summed E-state index contributed by atoms with van der Waals surface area (Å²) in [5, 5.41) is 3.01. The first-order valence-electron chi connectivity index (χ1n) is 8.96. The number of nitrogens with zero attached hydrogens (tertiary/aromatic N) is 1. The number of allylic oxidation sites excluding steroid dienone is 1. The first-order valence-corrected chi connectivity index (χ1v) is 8.96. The van der Waals surface area contributed by atoms with E-state index in [2.05, 4.69) is 11.4 Å². The summed E-state index contributed by atoms with van der Waals surface area (Å²) in [5.41, 5.74) is 3.51. The third-order valence-corrected chi connectivity index (χ3v) is 4.97. The second-order valence-electron chi connectivity index (χ2n) is 6.89. The van der Waals surface area contributed by atoms with Crippen LogP contribution < -0.4 is 10.2 Å². The Morgan fingerprint density at radius 3 is 2.75 bits per heavy atom. The van der Waals surface area contributed by atoms with Gasteiger partial charge in [-0.3, -0.25) is 9.59 Å². The second-order valence-corrected chi connectivity index (χ2v) is 6.89. The SMILES string of the molecule is Cc1ccc(N2C[C@@H](C(=O)NCCC3=CCCCC3)CC2=O)cc1. The number of hydrogen-bond acceptors (Lipinski definition) is 2. The van der Waals surface area contributed by atoms with E-state index in [9.17, 15) is 9.59 Å². The van der Waals surface area contributed by atoms with Crippen LogP contribution >= 0.6 is 0 Å². The van der Waals surface area contributed by atoms with Gasteiger partial charge in [-0.05, 0) is 51.2 Å². The lowest BCUT2D eigenvalue weighted by Gasteiger charge is -2.17. The predicted octanol–water partition coefficient (Wildman–Crippen LogP) is 3.35. The Kier molecular flexibility index (Phi) is 5.34. The van der Waals surface area contributed by atoms with Crippen molar-refractivity contribution < 1.29 is 9.59 Å². The summed E-state index contributed by atoms with van der Waals surface area (Å²) in [6, 6.07) is 7.88. The van der Waals surface area contributed by atoms with Crippen LogP contribution in [0.15, 0.2) is 35.9 Å². The average molecular weight is 326 g/mol. The third kappa shape index (κ3) is 4.05. The molecule has 0 radical (unpaired) electrons. The number of anilines is 1. The lowest BCUT2D eigenvalue weighted by atomic mass is 9.97. The van der Waals surface area contributed by atoms with Gasteiger partial charge in [0, 0.05) is 25.2 Å². The van der Waals surface area contributed by atoms with Gasteiger partial charge in [0.2, 0.25) is 11.8 Å². The quantitative estimate of drug-likeness (QED) is 0.844. The first kappa shape index (κ1) is 16.7. The van der Waals surface area contributed by atoms with Crippen molar-refractivity contribution in [2.75, 3.05) is 18.0 Å². The molecule has 3 rings (SSSR count). The van der Waals surface area contributed by atoms with E-state index >= 15 is 0 Å². The Balaban J connectivity index is 1.50. The van der Waals surface area contributed by atoms with Crippen LogP contribution in [-0.2, 0) is 9.59 Å². The third-order valence-electron chi connectivity index (χ3n) is 4.97. The van der Waals surface area contributed by atoms with Crippen molar-refractivity contribution in [3.05, 3.63) is 41.5 Å². The van der Waals surface area contributed by atoms with Crippen molar-refractivity contribution >= 4 is 17.5 Å². The first-order chi connectivity index (χ1) is 11.6. The minimum absolute atomic E-state index is 0.00868. The van der Waals surface area contributed by atoms with Gasteiger partial charge < -0.3 is 10.2 Å². The van der Waals surface area contributed by atoms with Crippen molar-refractivity contribution in [3.8, 4) is 0 Å². The molecule has 128 valence electrons. The molecule has 24 heavy (non-hydrogen) atoms. The highest BCUT2D eigenvalue weighted by Gasteiger charge is 2.34. The molecule has 2 amide bonds. The second kappa shape index (κ2) is 7.65. The molecule has 1 fully saturated rings. The molecule has 4 heteroatoms. The van der Waals surface area contributed by atoms with Crippen molar-refractivity contribution in [2.24, 2.45) is 5.92 Å². The zero-order chi connectivity index (χ0) is 16.9. The van der Waals surface area contributed by atoms with Gasteiger partial charge in [-0.15, -0.1) is 0 Å². The Morgan fingerprint density at radius 2 is 2.04 bits per heavy atom. The minimum atomic E-state index is -0.237. The standard InChI is InChI=1S/C20H26N2O2/c1-15-7-9-18(10-8-15)22-14-17(13-19(22)23)20(24)21-12-11-16-5-3-2-4-6-16/h5,7-10,17H,2-4,6,11-14H2,1H3,(H,21,24)/t17-/m0/s1. The monoisotopic (exact) mass is 326 g/mol. The Morgan fingerprint density at radius 1 is 1.25 bits per heavy atom. The Bertz CT molecular complexity index is 634. The van der Waals surface area contributed by atoms with Gasteiger partial charge in [0.25, 0.3) is 0 Å². The molecule has 0 spiro atoms. The van der Waals surface area contributed by atoms with Crippen LogP contribution in [0.1, 0.15) is 44.1 Å². The highest BCUT2D eigenvalue weighted by atomic mass is 16.2. The molecular formula is C20H26N2O2. The summed E-state index contributed by atoms with van der Waals surface area (Å²) in [5.74, 6) is -0.192. The Hall–Kier alpha value is -2.10. The molecule has 1 aliphatic carbocycles. The van der Waals surface area contributed by atoms with E-state index in [1.54, 1.807) is 4.90 Å². The van der Waals surface area contributed by atoms with Crippen LogP contribution in [0.25, 0.3) is 0 Å². The molecule has 0 aromatic heterocycles. The number of nitrogens with one attached hydrogen (secondary N) is 1. The summed E-state index contributed by atoms with van der Waals surface area (Å²) in [6.45, 7) is 3.18. The fraction of sp³-hybridized carbons (Fsp3) is 0.500. The van der Waals surface area contributed by atoms with Crippen molar-refractivity contribution in [1.29, 1.82) is 0 Å². The number of carbonyl (C=O) groups is 2. The van der Waals surface area contributed by atoms with Gasteiger partial charge in [0.15, 0.2) is 0 Å². The molecule has 1 aromatic rings. The highest BCUT2D eigenvalue weighted by Crippen LogP contribution is 2.25. The van der Waals surface area contributed by atoms with Crippen LogP contribution in [0, 0.1) is 12.8 Å². The topological polar surface area (TPSA) is 49.4 Å². The summed E-state index contributed by atoms with van der Waals surface area (Å²) in [6.07, 6.45) is 8.45. The van der Waals surface area contributed by atoms with Gasteiger partial charge in [-0.2, -0.15) is 0 Å². The zero-order valence-electron chi connectivity index (χ0n) is 14.4. The fourth-order valence-electron chi connectivity index (χ4n) is 3.48. The summed E-state index contributed by atoms with van der Waals surface area (Å²) >= 11 is 0. The molecule has 0 unspecified atom stereocenters. The van der Waals surface area contributed by atoms with E-state index in [4.69, 9.17) is 0 Å². The van der Waals surface area contributed by atoms with Crippen molar-refractivity contribution in [3.63, 3.8) is 0 Å². The smallest absolute Gasteiger partial charge is 0.227 e. The zero-order valence-corrected chi connectivity index (χ0v) is 14.4. The van der Waals surface area contributed by atoms with Gasteiger partial charge in [0.05, 0.1) is 5.92 Å². The number of rotatable bonds is 5. The summed E-state index contributed by atoms with van der Waals surface area (Å²) < 4.78 is 0. The number of benzene rings is 1. The van der Waals surface area contributed by atoms with E-state index in [1.807, 2.05) is 31.2 Å². The van der Waals surface area contributed by atoms with E-state index in [1.165, 1.54) is 31.3 Å². The number of hydrogen-bond donors (Lipinski definition) is 1. The molecule has 2 aliphatic rings. The molecule has 1 atom stereocenters. The number of aryl methyl sites for hydroxylation is 1. The van der Waals surface area contributed by atoms with Crippen LogP contribution in [0.3, 0.4) is 0 Å². The van der Waals surface area contributed by atoms with Crippen LogP contribution in [0.4, 0.5) is 5.69 Å². The van der Waals surface area contributed by atoms with Crippen LogP contribution in [0.5, 0.6) is 0 Å².